The van der Waals surface area contributed by atoms with E-state index in [0.29, 0.717) is 12.8 Å². The molecule has 1 amide bonds. The number of likely N-dealkylation sites (tertiary alicyclic amines) is 1. The number of hydrogen-bond acceptors (Lipinski definition) is 3. The summed E-state index contributed by atoms with van der Waals surface area (Å²) in [5, 5.41) is 0.191. The number of rotatable bonds is 5. The minimum Gasteiger partial charge on any atom is -0.333 e. The normalized spacial score (nSPS) is 16.7. The fourth-order valence-corrected chi connectivity index (χ4v) is 2.20. The molecule has 0 bridgehead atoms. The minimum absolute atomic E-state index is 0.0713. The number of Topliss-reactive ketones (excluding diaryl/α,β-unsaturated/α-hetero) is 1. The van der Waals surface area contributed by atoms with Gasteiger partial charge in [-0.25, -0.2) is 0 Å². The zero-order valence-corrected chi connectivity index (χ0v) is 9.89. The molecule has 4 heteroatoms. The van der Waals surface area contributed by atoms with Crippen molar-refractivity contribution in [2.75, 3.05) is 13.1 Å². The molecule has 84 valence electrons. The lowest BCUT2D eigenvalue weighted by atomic mass is 10.2. The Morgan fingerprint density at radius 2 is 2.20 bits per heavy atom. The number of carbonyl (C=O) groups is 2. The molecule has 1 atom stereocenters. The van der Waals surface area contributed by atoms with E-state index >= 15 is 0 Å². The third-order valence-corrected chi connectivity index (χ3v) is 3.60. The zero-order chi connectivity index (χ0) is 11.3. The molecule has 0 saturated carbocycles. The molecule has 0 spiro atoms. The average molecular weight is 227 g/mol. The number of ketones is 1. The molecule has 0 radical (unpaired) electrons. The number of amides is 1. The van der Waals surface area contributed by atoms with Crippen LogP contribution in [0.4, 0.5) is 4.79 Å². The third-order valence-electron chi connectivity index (χ3n) is 2.41. The summed E-state index contributed by atoms with van der Waals surface area (Å²) in [6.45, 7) is 7.02. The molecule has 1 fully saturated rings. The van der Waals surface area contributed by atoms with Crippen molar-refractivity contribution in [2.24, 2.45) is 0 Å². The van der Waals surface area contributed by atoms with E-state index in [2.05, 4.69) is 6.58 Å². The molecule has 0 aromatic heterocycles. The van der Waals surface area contributed by atoms with Crippen molar-refractivity contribution in [3.8, 4) is 0 Å². The second kappa shape index (κ2) is 5.95. The maximum Gasteiger partial charge on any atom is 0.282 e. The molecular weight excluding hydrogens is 210 g/mol. The first-order valence-electron chi connectivity index (χ1n) is 5.21. The predicted molar refractivity (Wildman–Crippen MR) is 63.1 cm³/mol. The lowest BCUT2D eigenvalue weighted by molar-refractivity contribution is -0.117. The molecule has 0 unspecified atom stereocenters. The van der Waals surface area contributed by atoms with Crippen molar-refractivity contribution in [3.05, 3.63) is 12.7 Å². The van der Waals surface area contributed by atoms with E-state index in [9.17, 15) is 9.59 Å². The van der Waals surface area contributed by atoms with E-state index in [1.54, 1.807) is 13.0 Å². The van der Waals surface area contributed by atoms with Gasteiger partial charge in [0, 0.05) is 24.8 Å². The van der Waals surface area contributed by atoms with E-state index in [-0.39, 0.29) is 16.3 Å². The molecule has 0 aromatic carbocycles. The lowest BCUT2D eigenvalue weighted by Gasteiger charge is -2.31. The van der Waals surface area contributed by atoms with Crippen LogP contribution >= 0.6 is 11.8 Å². The molecule has 15 heavy (non-hydrogen) atoms. The van der Waals surface area contributed by atoms with Gasteiger partial charge in [-0.2, -0.15) is 0 Å². The van der Waals surface area contributed by atoms with Gasteiger partial charge in [-0.15, -0.1) is 6.58 Å². The zero-order valence-electron chi connectivity index (χ0n) is 9.07. The smallest absolute Gasteiger partial charge is 0.282 e. The highest BCUT2D eigenvalue weighted by molar-refractivity contribution is 8.14. The van der Waals surface area contributed by atoms with Gasteiger partial charge < -0.3 is 9.69 Å². The highest BCUT2D eigenvalue weighted by atomic mass is 32.2. The van der Waals surface area contributed by atoms with Crippen molar-refractivity contribution in [3.63, 3.8) is 0 Å². The number of thioether (sulfide) groups is 1. The van der Waals surface area contributed by atoms with Crippen LogP contribution < -0.4 is 0 Å². The van der Waals surface area contributed by atoms with Gasteiger partial charge in [-0.1, -0.05) is 17.8 Å². The summed E-state index contributed by atoms with van der Waals surface area (Å²) in [4.78, 5) is 24.2. The number of carbonyl (C=O) groups excluding carboxylic acids is 2. The summed E-state index contributed by atoms with van der Waals surface area (Å²) in [5.41, 5.74) is 0. The fourth-order valence-electron chi connectivity index (χ4n) is 1.27. The summed E-state index contributed by atoms with van der Waals surface area (Å²) in [7, 11) is 0. The molecule has 1 aliphatic rings. The van der Waals surface area contributed by atoms with Crippen LogP contribution in [0.25, 0.3) is 0 Å². The van der Waals surface area contributed by atoms with Crippen LogP contribution in [0.15, 0.2) is 12.7 Å². The van der Waals surface area contributed by atoms with Gasteiger partial charge in [0.1, 0.15) is 5.78 Å². The van der Waals surface area contributed by atoms with Gasteiger partial charge in [-0.05, 0) is 19.8 Å². The summed E-state index contributed by atoms with van der Waals surface area (Å²) >= 11 is 1.29. The van der Waals surface area contributed by atoms with E-state index in [0.717, 1.165) is 19.5 Å². The summed E-state index contributed by atoms with van der Waals surface area (Å²) in [5.74, 6) is 0.166. The van der Waals surface area contributed by atoms with Crippen LogP contribution in [0, 0.1) is 0 Å². The van der Waals surface area contributed by atoms with Crippen molar-refractivity contribution in [1.29, 1.82) is 0 Å². The van der Waals surface area contributed by atoms with Crippen LogP contribution in [-0.2, 0) is 4.79 Å². The van der Waals surface area contributed by atoms with Gasteiger partial charge in [-0.3, -0.25) is 4.79 Å². The molecule has 0 aliphatic carbocycles. The summed E-state index contributed by atoms with van der Waals surface area (Å²) in [6, 6.07) is 0. The number of hydrogen-bond donors (Lipinski definition) is 0. The topological polar surface area (TPSA) is 37.4 Å². The van der Waals surface area contributed by atoms with Gasteiger partial charge in [0.15, 0.2) is 0 Å². The Morgan fingerprint density at radius 3 is 2.60 bits per heavy atom. The maximum atomic E-state index is 11.6. The van der Waals surface area contributed by atoms with Crippen LogP contribution in [0.3, 0.4) is 0 Å². The molecule has 0 aromatic rings. The SMILES string of the molecule is C=C[C@H](CCC(C)=O)SC(=O)N1CCC1. The Morgan fingerprint density at radius 1 is 1.53 bits per heavy atom. The number of nitrogens with zero attached hydrogens (tertiary/aromatic N) is 1. The van der Waals surface area contributed by atoms with Crippen molar-refractivity contribution < 1.29 is 9.59 Å². The first-order valence-corrected chi connectivity index (χ1v) is 6.09. The quantitative estimate of drug-likeness (QED) is 0.677. The highest BCUT2D eigenvalue weighted by Crippen LogP contribution is 2.23. The van der Waals surface area contributed by atoms with Crippen LogP contribution in [0.5, 0.6) is 0 Å². The molecule has 1 saturated heterocycles. The predicted octanol–water partition coefficient (Wildman–Crippen LogP) is 2.47. The maximum absolute atomic E-state index is 11.6. The fraction of sp³-hybridized carbons (Fsp3) is 0.636. The van der Waals surface area contributed by atoms with Gasteiger partial charge in [0.2, 0.25) is 0 Å². The first-order chi connectivity index (χ1) is 7.13. The van der Waals surface area contributed by atoms with Gasteiger partial charge in [0.25, 0.3) is 5.24 Å². The van der Waals surface area contributed by atoms with Crippen LogP contribution in [-0.4, -0.2) is 34.3 Å². The van der Waals surface area contributed by atoms with E-state index in [1.165, 1.54) is 11.8 Å². The highest BCUT2D eigenvalue weighted by Gasteiger charge is 2.22. The summed E-state index contributed by atoms with van der Waals surface area (Å²) < 4.78 is 0. The van der Waals surface area contributed by atoms with Crippen molar-refractivity contribution in [1.82, 2.24) is 4.90 Å². The third kappa shape index (κ3) is 4.08. The Bertz CT molecular complexity index is 261. The van der Waals surface area contributed by atoms with E-state index < -0.39 is 0 Å². The average Bonchev–Trinajstić information content (AvgIpc) is 2.08. The lowest BCUT2D eigenvalue weighted by Crippen LogP contribution is -2.40. The van der Waals surface area contributed by atoms with Crippen LogP contribution in [0.1, 0.15) is 26.2 Å². The monoisotopic (exact) mass is 227 g/mol. The second-order valence-electron chi connectivity index (χ2n) is 3.74. The Hall–Kier alpha value is -0.770. The van der Waals surface area contributed by atoms with Crippen molar-refractivity contribution >= 4 is 22.8 Å². The second-order valence-corrected chi connectivity index (χ2v) is 4.93. The minimum atomic E-state index is 0.0713. The largest absolute Gasteiger partial charge is 0.333 e. The standard InChI is InChI=1S/C11H17NO2S/c1-3-10(6-5-9(2)13)15-11(14)12-7-4-8-12/h3,10H,1,4-8H2,2H3/t10-/m1/s1. The molecule has 0 N–H and O–H groups in total. The summed E-state index contributed by atoms with van der Waals surface area (Å²) in [6.07, 6.45) is 4.10. The molecule has 3 nitrogen and oxygen atoms in total. The Kier molecular flexibility index (Phi) is 4.88. The van der Waals surface area contributed by atoms with Gasteiger partial charge >= 0.3 is 0 Å². The van der Waals surface area contributed by atoms with E-state index in [4.69, 9.17) is 0 Å². The molecule has 1 heterocycles. The van der Waals surface area contributed by atoms with Crippen LogP contribution in [0.2, 0.25) is 0 Å². The molecule has 1 aliphatic heterocycles. The Labute approximate surface area is 94.9 Å². The van der Waals surface area contributed by atoms with E-state index in [1.807, 2.05) is 4.90 Å². The Balaban J connectivity index is 2.28. The van der Waals surface area contributed by atoms with Gasteiger partial charge in [0.05, 0.1) is 0 Å². The van der Waals surface area contributed by atoms with Crippen molar-refractivity contribution in [2.45, 2.75) is 31.4 Å². The molecular formula is C11H17NO2S. The molecule has 1 rings (SSSR count). The first kappa shape index (κ1) is 12.3.